The number of halogens is 1. The van der Waals surface area contributed by atoms with Gasteiger partial charge in [-0.3, -0.25) is 10.2 Å². The number of nitrogens with one attached hydrogen (secondary N) is 1. The highest BCUT2D eigenvalue weighted by atomic mass is 79.9. The summed E-state index contributed by atoms with van der Waals surface area (Å²) >= 11 is 4.38. The molecule has 1 amide bonds. The summed E-state index contributed by atoms with van der Waals surface area (Å²) < 4.78 is 33.2. The maximum Gasteiger partial charge on any atom is 0.306 e. The summed E-state index contributed by atoms with van der Waals surface area (Å²) in [5, 5.41) is 13.7. The number of carbonyl (C=O) groups excluding carboxylic acids is 1. The molecule has 0 unspecified atom stereocenters. The Balaban J connectivity index is 2.04. The Morgan fingerprint density at radius 1 is 1.38 bits per heavy atom. The molecule has 26 heavy (non-hydrogen) atoms. The Bertz CT molecular complexity index is 1020. The van der Waals surface area contributed by atoms with E-state index in [4.69, 9.17) is 14.3 Å². The van der Waals surface area contributed by atoms with Crippen molar-refractivity contribution < 1.29 is 22.1 Å². The first-order chi connectivity index (χ1) is 12.2. The molecule has 0 bridgehead atoms. The number of carbonyl (C=O) groups is 1. The molecule has 2 heterocycles. The maximum absolute atomic E-state index is 12.2. The predicted molar refractivity (Wildman–Crippen MR) is 102 cm³/mol. The van der Waals surface area contributed by atoms with Crippen molar-refractivity contribution >= 4 is 66.3 Å². The molecule has 1 aromatic carbocycles. The molecule has 0 saturated heterocycles. The highest BCUT2D eigenvalue weighted by Gasteiger charge is 2.32. The van der Waals surface area contributed by atoms with E-state index < -0.39 is 16.0 Å². The van der Waals surface area contributed by atoms with Crippen LogP contribution in [-0.4, -0.2) is 49.2 Å². The van der Waals surface area contributed by atoms with Crippen LogP contribution in [0.5, 0.6) is 11.5 Å². The predicted octanol–water partition coefficient (Wildman–Crippen LogP) is 2.05. The number of rotatable bonds is 4. The van der Waals surface area contributed by atoms with E-state index in [0.717, 1.165) is 18.0 Å². The lowest BCUT2D eigenvalue weighted by molar-refractivity contribution is -0.114. The van der Waals surface area contributed by atoms with E-state index >= 15 is 0 Å². The molecule has 2 aliphatic rings. The van der Waals surface area contributed by atoms with Crippen LogP contribution < -0.4 is 8.92 Å². The minimum Gasteiger partial charge on any atom is -0.493 e. The quantitative estimate of drug-likeness (QED) is 0.540. The van der Waals surface area contributed by atoms with Gasteiger partial charge in [0.05, 0.1) is 29.0 Å². The molecule has 0 atom stereocenters. The van der Waals surface area contributed by atoms with Crippen LogP contribution in [0.4, 0.5) is 0 Å². The second-order valence-electron chi connectivity index (χ2n) is 5.08. The summed E-state index contributed by atoms with van der Waals surface area (Å²) in [5.74, 6) is -0.535. The number of amides is 1. The molecular weight excluding hydrogens is 448 g/mol. The topological polar surface area (TPSA) is 121 Å². The zero-order chi connectivity index (χ0) is 19.1. The number of nitrogens with zero attached hydrogens (tertiary/aromatic N) is 3. The Kier molecular flexibility index (Phi) is 4.90. The molecule has 136 valence electrons. The van der Waals surface area contributed by atoms with Crippen LogP contribution >= 0.6 is 27.7 Å². The Morgan fingerprint density at radius 2 is 2.12 bits per heavy atom. The first-order valence-corrected chi connectivity index (χ1v) is 10.4. The number of hydrazone groups is 1. The minimum absolute atomic E-state index is 0.0111. The zero-order valence-electron chi connectivity index (χ0n) is 13.4. The molecule has 3 rings (SSSR count). The van der Waals surface area contributed by atoms with E-state index in [1.807, 2.05) is 0 Å². The largest absolute Gasteiger partial charge is 0.493 e. The molecule has 0 aromatic heterocycles. The van der Waals surface area contributed by atoms with E-state index in [2.05, 4.69) is 26.0 Å². The first kappa shape index (κ1) is 18.6. The van der Waals surface area contributed by atoms with Crippen molar-refractivity contribution in [3.8, 4) is 11.5 Å². The van der Waals surface area contributed by atoms with Crippen molar-refractivity contribution in [1.82, 2.24) is 5.01 Å². The first-order valence-electron chi connectivity index (χ1n) is 6.89. The third-order valence-electron chi connectivity index (χ3n) is 3.19. The molecule has 2 aliphatic heterocycles. The van der Waals surface area contributed by atoms with Gasteiger partial charge in [0.15, 0.2) is 22.5 Å². The van der Waals surface area contributed by atoms with Crippen LogP contribution in [0.1, 0.15) is 5.56 Å². The highest BCUT2D eigenvalue weighted by Crippen LogP contribution is 2.38. The second kappa shape index (κ2) is 6.85. The van der Waals surface area contributed by atoms with E-state index in [0.29, 0.717) is 15.2 Å². The van der Waals surface area contributed by atoms with Gasteiger partial charge in [-0.05, 0) is 51.5 Å². The van der Waals surface area contributed by atoms with Gasteiger partial charge in [-0.2, -0.15) is 23.5 Å². The monoisotopic (exact) mass is 458 g/mol. The number of fused-ring (bicyclic) bond motifs is 1. The summed E-state index contributed by atoms with van der Waals surface area (Å²) in [7, 11) is -2.40. The third-order valence-corrected chi connectivity index (χ3v) is 4.93. The lowest BCUT2D eigenvalue weighted by Crippen LogP contribution is -2.35. The van der Waals surface area contributed by atoms with Crippen molar-refractivity contribution in [2.45, 2.75) is 0 Å². The molecule has 0 aliphatic carbocycles. The third kappa shape index (κ3) is 3.66. The molecule has 0 radical (unpaired) electrons. The summed E-state index contributed by atoms with van der Waals surface area (Å²) in [4.78, 5) is 16.1. The summed E-state index contributed by atoms with van der Waals surface area (Å²) in [6, 6.07) is 3.03. The normalized spacial score (nSPS) is 18.2. The number of methoxy groups -OCH3 is 1. The van der Waals surface area contributed by atoms with Crippen LogP contribution in [0.2, 0.25) is 0 Å². The van der Waals surface area contributed by atoms with Crippen LogP contribution in [0.15, 0.2) is 32.3 Å². The van der Waals surface area contributed by atoms with Gasteiger partial charge >= 0.3 is 10.1 Å². The summed E-state index contributed by atoms with van der Waals surface area (Å²) in [5.41, 5.74) is 2.01. The van der Waals surface area contributed by atoms with Gasteiger partial charge in [0.1, 0.15) is 0 Å². The van der Waals surface area contributed by atoms with Gasteiger partial charge in [-0.15, -0.1) is 0 Å². The van der Waals surface area contributed by atoms with Crippen molar-refractivity contribution in [2.75, 3.05) is 13.4 Å². The SMILES string of the molecule is COc1cc(C=C2C(=N)N3N=CSC3=NC2=O)cc(Br)c1OS(C)(=O)=O. The van der Waals surface area contributed by atoms with Crippen molar-refractivity contribution in [2.24, 2.45) is 10.1 Å². The van der Waals surface area contributed by atoms with Gasteiger partial charge in [-0.25, -0.2) is 0 Å². The highest BCUT2D eigenvalue weighted by molar-refractivity contribution is 9.10. The molecule has 1 N–H and O–H groups in total. The number of thioether (sulfide) groups is 1. The van der Waals surface area contributed by atoms with Gasteiger partial charge < -0.3 is 8.92 Å². The molecule has 0 saturated carbocycles. The lowest BCUT2D eigenvalue weighted by atomic mass is 10.1. The fourth-order valence-corrected chi connectivity index (χ4v) is 3.89. The molecular formula is C14H11BrN4O5S2. The Labute approximate surface area is 161 Å². The molecule has 12 heteroatoms. The Morgan fingerprint density at radius 3 is 2.77 bits per heavy atom. The van der Waals surface area contributed by atoms with Crippen LogP contribution in [-0.2, 0) is 14.9 Å². The average Bonchev–Trinajstić information content (AvgIpc) is 3.01. The number of hydrogen-bond acceptors (Lipinski definition) is 8. The number of aliphatic imine (C=N–C) groups is 1. The fraction of sp³-hybridized carbons (Fsp3) is 0.143. The van der Waals surface area contributed by atoms with E-state index in [1.165, 1.54) is 35.9 Å². The number of benzene rings is 1. The van der Waals surface area contributed by atoms with Crippen molar-refractivity contribution in [1.29, 1.82) is 5.41 Å². The van der Waals surface area contributed by atoms with Gasteiger partial charge in [-0.1, -0.05) is 0 Å². The minimum atomic E-state index is -3.76. The molecule has 9 nitrogen and oxygen atoms in total. The van der Waals surface area contributed by atoms with E-state index in [9.17, 15) is 13.2 Å². The summed E-state index contributed by atoms with van der Waals surface area (Å²) in [6.07, 6.45) is 2.36. The molecule has 1 aromatic rings. The zero-order valence-corrected chi connectivity index (χ0v) is 16.6. The molecule has 0 spiro atoms. The van der Waals surface area contributed by atoms with Crippen LogP contribution in [0.3, 0.4) is 0 Å². The number of ether oxygens (including phenoxy) is 1. The number of amidine groups is 2. The van der Waals surface area contributed by atoms with Crippen molar-refractivity contribution in [3.05, 3.63) is 27.7 Å². The van der Waals surface area contributed by atoms with E-state index in [1.54, 1.807) is 0 Å². The Hall–Kier alpha value is -2.18. The smallest absolute Gasteiger partial charge is 0.306 e. The summed E-state index contributed by atoms with van der Waals surface area (Å²) in [6.45, 7) is 0. The molecule has 0 fully saturated rings. The van der Waals surface area contributed by atoms with Gasteiger partial charge in [0.25, 0.3) is 5.91 Å². The lowest BCUT2D eigenvalue weighted by Gasteiger charge is -2.20. The van der Waals surface area contributed by atoms with Crippen molar-refractivity contribution in [3.63, 3.8) is 0 Å². The average molecular weight is 459 g/mol. The van der Waals surface area contributed by atoms with Crippen LogP contribution in [0.25, 0.3) is 6.08 Å². The second-order valence-corrected chi connectivity index (χ2v) is 8.32. The van der Waals surface area contributed by atoms with Gasteiger partial charge in [0.2, 0.25) is 0 Å². The van der Waals surface area contributed by atoms with Gasteiger partial charge in [0, 0.05) is 0 Å². The fourth-order valence-electron chi connectivity index (χ4n) is 2.16. The number of hydrogen-bond donors (Lipinski definition) is 1. The standard InChI is InChI=1S/C14H11BrN4O5S2/c1-23-10-5-7(4-9(15)11(10)24-26(2,21)22)3-8-12(16)19-14(18-13(8)20)25-6-17-19/h3-6,16H,1-2H3. The van der Waals surface area contributed by atoms with E-state index in [-0.39, 0.29) is 22.9 Å². The maximum atomic E-state index is 12.2. The van der Waals surface area contributed by atoms with Crippen LogP contribution in [0, 0.1) is 5.41 Å².